The highest BCUT2D eigenvalue weighted by Gasteiger charge is 2.31. The fraction of sp³-hybridized carbons (Fsp3) is 0.0667. The van der Waals surface area contributed by atoms with Crippen LogP contribution < -0.4 is 4.90 Å². The second-order valence-corrected chi connectivity index (χ2v) is 5.28. The summed E-state index contributed by atoms with van der Waals surface area (Å²) in [7, 11) is 0. The number of benzene rings is 2. The van der Waals surface area contributed by atoms with Crippen LogP contribution in [0.4, 0.5) is 5.69 Å². The Morgan fingerprint density at radius 1 is 0.950 bits per heavy atom. The summed E-state index contributed by atoms with van der Waals surface area (Å²) in [5.41, 5.74) is 1.72. The smallest absolute Gasteiger partial charge is 0.265 e. The molecule has 0 fully saturated rings. The molecule has 3 rings (SSSR count). The molecular weight excluding hydrogens is 297 g/mol. The van der Waals surface area contributed by atoms with Gasteiger partial charge >= 0.3 is 0 Å². The molecule has 0 saturated heterocycles. The Kier molecular flexibility index (Phi) is 3.24. The van der Waals surface area contributed by atoms with Gasteiger partial charge in [-0.3, -0.25) is 9.59 Å². The van der Waals surface area contributed by atoms with Crippen molar-refractivity contribution in [3.63, 3.8) is 0 Å². The highest BCUT2D eigenvalue weighted by molar-refractivity contribution is 6.42. The molecule has 2 aromatic carbocycles. The molecule has 5 heteroatoms. The third kappa shape index (κ3) is 2.09. The molecule has 0 N–H and O–H groups in total. The average molecular weight is 306 g/mol. The van der Waals surface area contributed by atoms with Gasteiger partial charge in [-0.2, -0.15) is 0 Å². The quantitative estimate of drug-likeness (QED) is 0.753. The molecule has 0 radical (unpaired) electrons. The predicted molar refractivity (Wildman–Crippen MR) is 78.4 cm³/mol. The summed E-state index contributed by atoms with van der Waals surface area (Å²) in [4.78, 5) is 25.8. The van der Waals surface area contributed by atoms with E-state index in [1.165, 1.54) is 6.07 Å². The summed E-state index contributed by atoms with van der Waals surface area (Å²) in [6.07, 6.45) is 0.197. The Labute approximate surface area is 125 Å². The van der Waals surface area contributed by atoms with Gasteiger partial charge in [-0.05, 0) is 29.8 Å². The summed E-state index contributed by atoms with van der Waals surface area (Å²) < 4.78 is 0. The van der Waals surface area contributed by atoms with E-state index in [4.69, 9.17) is 23.2 Å². The fourth-order valence-electron chi connectivity index (χ4n) is 2.24. The number of hydrogen-bond donors (Lipinski definition) is 0. The summed E-state index contributed by atoms with van der Waals surface area (Å²) in [5, 5.41) is 0.691. The van der Waals surface area contributed by atoms with E-state index in [1.807, 2.05) is 6.07 Å². The molecule has 100 valence electrons. The van der Waals surface area contributed by atoms with Crippen LogP contribution in [0.15, 0.2) is 42.5 Å². The third-order valence-corrected chi connectivity index (χ3v) is 3.94. The van der Waals surface area contributed by atoms with Crippen LogP contribution in [0.5, 0.6) is 0 Å². The fourth-order valence-corrected chi connectivity index (χ4v) is 2.54. The minimum atomic E-state index is -0.338. The summed E-state index contributed by atoms with van der Waals surface area (Å²) in [5.74, 6) is -0.609. The van der Waals surface area contributed by atoms with Crippen molar-refractivity contribution in [2.24, 2.45) is 0 Å². The van der Waals surface area contributed by atoms with Gasteiger partial charge in [-0.15, -0.1) is 0 Å². The standard InChI is InChI=1S/C15H9Cl2NO2/c16-12-6-5-10(8-13(12)17)18-14(19)7-9-3-1-2-4-11(9)15(18)20/h1-6,8H,7H2. The Morgan fingerprint density at radius 3 is 2.45 bits per heavy atom. The molecule has 0 spiro atoms. The molecular formula is C15H9Cl2NO2. The maximum Gasteiger partial charge on any atom is 0.265 e. The van der Waals surface area contributed by atoms with Crippen molar-refractivity contribution in [2.75, 3.05) is 4.90 Å². The molecule has 1 heterocycles. The third-order valence-electron chi connectivity index (χ3n) is 3.20. The van der Waals surface area contributed by atoms with Crippen LogP contribution in [0.3, 0.4) is 0 Å². The van der Waals surface area contributed by atoms with Gasteiger partial charge in [0.1, 0.15) is 0 Å². The van der Waals surface area contributed by atoms with Crippen LogP contribution >= 0.6 is 23.2 Å². The van der Waals surface area contributed by atoms with Crippen molar-refractivity contribution in [1.82, 2.24) is 0 Å². The van der Waals surface area contributed by atoms with Crippen molar-refractivity contribution in [1.29, 1.82) is 0 Å². The topological polar surface area (TPSA) is 37.4 Å². The zero-order chi connectivity index (χ0) is 14.3. The molecule has 0 unspecified atom stereocenters. The molecule has 3 nitrogen and oxygen atoms in total. The predicted octanol–water partition coefficient (Wildman–Crippen LogP) is 3.72. The average Bonchev–Trinajstić information content (AvgIpc) is 2.43. The van der Waals surface area contributed by atoms with Crippen molar-refractivity contribution in [2.45, 2.75) is 6.42 Å². The first-order valence-corrected chi connectivity index (χ1v) is 6.74. The zero-order valence-electron chi connectivity index (χ0n) is 10.3. The number of hydrogen-bond acceptors (Lipinski definition) is 2. The molecule has 0 aliphatic carbocycles. The van der Waals surface area contributed by atoms with E-state index in [0.717, 1.165) is 10.5 Å². The van der Waals surface area contributed by atoms with Crippen LogP contribution in [-0.2, 0) is 11.2 Å². The summed E-state index contributed by atoms with van der Waals surface area (Å²) in [6, 6.07) is 11.8. The summed E-state index contributed by atoms with van der Waals surface area (Å²) >= 11 is 11.8. The minimum absolute atomic E-state index is 0.197. The number of nitrogens with zero attached hydrogens (tertiary/aromatic N) is 1. The van der Waals surface area contributed by atoms with Crippen LogP contribution in [0.1, 0.15) is 15.9 Å². The number of halogens is 2. The number of rotatable bonds is 1. The van der Waals surface area contributed by atoms with E-state index in [2.05, 4.69) is 0 Å². The molecule has 0 atom stereocenters. The number of imide groups is 1. The van der Waals surface area contributed by atoms with Crippen LogP contribution in [0.25, 0.3) is 0 Å². The normalized spacial score (nSPS) is 14.4. The van der Waals surface area contributed by atoms with E-state index in [1.54, 1.807) is 30.3 Å². The SMILES string of the molecule is O=C1Cc2ccccc2C(=O)N1c1ccc(Cl)c(Cl)c1. The van der Waals surface area contributed by atoms with Crippen molar-refractivity contribution in [3.8, 4) is 0 Å². The Morgan fingerprint density at radius 2 is 1.70 bits per heavy atom. The maximum absolute atomic E-state index is 12.5. The number of carbonyl (C=O) groups excluding carboxylic acids is 2. The van der Waals surface area contributed by atoms with Crippen molar-refractivity contribution >= 4 is 40.7 Å². The monoisotopic (exact) mass is 305 g/mol. The highest BCUT2D eigenvalue weighted by Crippen LogP contribution is 2.30. The van der Waals surface area contributed by atoms with Gasteiger partial charge in [-0.1, -0.05) is 41.4 Å². The number of anilines is 1. The van der Waals surface area contributed by atoms with Gasteiger partial charge in [0.2, 0.25) is 5.91 Å². The van der Waals surface area contributed by atoms with E-state index >= 15 is 0 Å². The number of amides is 2. The zero-order valence-corrected chi connectivity index (χ0v) is 11.8. The lowest BCUT2D eigenvalue weighted by Crippen LogP contribution is -2.42. The lowest BCUT2D eigenvalue weighted by molar-refractivity contribution is -0.117. The summed E-state index contributed by atoms with van der Waals surface area (Å²) in [6.45, 7) is 0. The number of carbonyl (C=O) groups is 2. The van der Waals surface area contributed by atoms with Gasteiger partial charge < -0.3 is 0 Å². The van der Waals surface area contributed by atoms with Crippen LogP contribution in [0.2, 0.25) is 10.0 Å². The highest BCUT2D eigenvalue weighted by atomic mass is 35.5. The van der Waals surface area contributed by atoms with Crippen molar-refractivity contribution < 1.29 is 9.59 Å². The molecule has 20 heavy (non-hydrogen) atoms. The van der Waals surface area contributed by atoms with E-state index in [9.17, 15) is 9.59 Å². The molecule has 1 aliphatic heterocycles. The van der Waals surface area contributed by atoms with Gasteiger partial charge in [0, 0.05) is 5.56 Å². The van der Waals surface area contributed by atoms with E-state index in [-0.39, 0.29) is 18.2 Å². The van der Waals surface area contributed by atoms with Gasteiger partial charge in [0.15, 0.2) is 0 Å². The van der Waals surface area contributed by atoms with Crippen LogP contribution in [0, 0.1) is 0 Å². The Hall–Kier alpha value is -1.84. The van der Waals surface area contributed by atoms with Gasteiger partial charge in [-0.25, -0.2) is 4.90 Å². The second-order valence-electron chi connectivity index (χ2n) is 4.47. The first-order chi connectivity index (χ1) is 9.58. The minimum Gasteiger partial charge on any atom is -0.274 e. The largest absolute Gasteiger partial charge is 0.274 e. The maximum atomic E-state index is 12.5. The van der Waals surface area contributed by atoms with Gasteiger partial charge in [0.05, 0.1) is 22.2 Å². The molecule has 0 aromatic heterocycles. The van der Waals surface area contributed by atoms with E-state index < -0.39 is 0 Å². The molecule has 1 aliphatic rings. The lowest BCUT2D eigenvalue weighted by atomic mass is 9.98. The number of fused-ring (bicyclic) bond motifs is 1. The lowest BCUT2D eigenvalue weighted by Gasteiger charge is -2.27. The first-order valence-electron chi connectivity index (χ1n) is 5.98. The van der Waals surface area contributed by atoms with Crippen molar-refractivity contribution in [3.05, 3.63) is 63.6 Å². The van der Waals surface area contributed by atoms with Gasteiger partial charge in [0.25, 0.3) is 5.91 Å². The molecule has 0 saturated carbocycles. The van der Waals surface area contributed by atoms with Crippen LogP contribution in [-0.4, -0.2) is 11.8 Å². The molecule has 2 amide bonds. The Balaban J connectivity index is 2.08. The molecule has 2 aromatic rings. The second kappa shape index (κ2) is 4.93. The molecule has 0 bridgehead atoms. The van der Waals surface area contributed by atoms with E-state index in [0.29, 0.717) is 21.3 Å². The first kappa shape index (κ1) is 13.2. The Bertz CT molecular complexity index is 728.